The van der Waals surface area contributed by atoms with Crippen molar-refractivity contribution in [3.05, 3.63) is 47.3 Å². The molecule has 1 aromatic carbocycles. The third-order valence-electron chi connectivity index (χ3n) is 4.53. The van der Waals surface area contributed by atoms with Gasteiger partial charge >= 0.3 is 6.18 Å². The van der Waals surface area contributed by atoms with E-state index in [4.69, 9.17) is 0 Å². The van der Waals surface area contributed by atoms with Gasteiger partial charge in [-0.15, -0.1) is 0 Å². The summed E-state index contributed by atoms with van der Waals surface area (Å²) in [5.74, 6) is 5.57. The summed E-state index contributed by atoms with van der Waals surface area (Å²) in [5, 5.41) is 0. The molecule has 1 saturated carbocycles. The molecule has 24 heavy (non-hydrogen) atoms. The van der Waals surface area contributed by atoms with Gasteiger partial charge in [-0.2, -0.15) is 13.2 Å². The molecular formula is C20H22F4. The molecule has 0 aliphatic heterocycles. The van der Waals surface area contributed by atoms with Gasteiger partial charge in [-0.1, -0.05) is 37.7 Å². The predicted molar refractivity (Wildman–Crippen MR) is 87.8 cm³/mol. The molecule has 1 aromatic rings. The largest absolute Gasteiger partial charge is 0.419 e. The molecule has 0 heterocycles. The van der Waals surface area contributed by atoms with Crippen molar-refractivity contribution in [2.75, 3.05) is 0 Å². The average Bonchev–Trinajstić information content (AvgIpc) is 2.52. The van der Waals surface area contributed by atoms with Crippen molar-refractivity contribution in [1.82, 2.24) is 0 Å². The van der Waals surface area contributed by atoms with Crippen molar-refractivity contribution in [3.63, 3.8) is 0 Å². The minimum absolute atomic E-state index is 0.247. The number of hydrogen-bond donors (Lipinski definition) is 0. The molecule has 4 heteroatoms. The van der Waals surface area contributed by atoms with Gasteiger partial charge in [-0.05, 0) is 61.8 Å². The van der Waals surface area contributed by atoms with Crippen LogP contribution in [0.5, 0.6) is 0 Å². The molecule has 1 fully saturated rings. The fourth-order valence-corrected chi connectivity index (χ4v) is 3.21. The minimum atomic E-state index is -4.67. The Morgan fingerprint density at radius 3 is 2.46 bits per heavy atom. The number of allylic oxidation sites excluding steroid dienone is 2. The highest BCUT2D eigenvalue weighted by atomic mass is 19.4. The summed E-state index contributed by atoms with van der Waals surface area (Å²) in [6.45, 7) is 2.21. The lowest BCUT2D eigenvalue weighted by Gasteiger charge is -2.26. The van der Waals surface area contributed by atoms with Gasteiger partial charge in [0, 0.05) is 5.56 Å². The van der Waals surface area contributed by atoms with Crippen molar-refractivity contribution in [2.24, 2.45) is 11.8 Å². The van der Waals surface area contributed by atoms with E-state index in [1.807, 2.05) is 0 Å². The van der Waals surface area contributed by atoms with Gasteiger partial charge in [0.25, 0.3) is 0 Å². The monoisotopic (exact) mass is 338 g/mol. The molecule has 0 N–H and O–H groups in total. The van der Waals surface area contributed by atoms with E-state index in [9.17, 15) is 17.6 Å². The van der Waals surface area contributed by atoms with Crippen molar-refractivity contribution in [2.45, 2.75) is 51.6 Å². The maximum Gasteiger partial charge on any atom is 0.419 e. The van der Waals surface area contributed by atoms with Gasteiger partial charge in [0.2, 0.25) is 0 Å². The van der Waals surface area contributed by atoms with E-state index in [2.05, 4.69) is 24.8 Å². The van der Waals surface area contributed by atoms with E-state index in [1.165, 1.54) is 31.7 Å². The summed E-state index contributed by atoms with van der Waals surface area (Å²) in [6.07, 6.45) is 6.49. The van der Waals surface area contributed by atoms with Gasteiger partial charge in [0.1, 0.15) is 5.82 Å². The van der Waals surface area contributed by atoms with Crippen LogP contribution in [0.15, 0.2) is 30.4 Å². The smallest absolute Gasteiger partial charge is 0.206 e. The molecule has 0 saturated heterocycles. The summed E-state index contributed by atoms with van der Waals surface area (Å²) < 4.78 is 50.9. The topological polar surface area (TPSA) is 0 Å². The van der Waals surface area contributed by atoms with Gasteiger partial charge in [-0.3, -0.25) is 0 Å². The summed E-state index contributed by atoms with van der Waals surface area (Å²) >= 11 is 0. The van der Waals surface area contributed by atoms with Crippen LogP contribution >= 0.6 is 0 Å². The Morgan fingerprint density at radius 1 is 1.17 bits per heavy atom. The van der Waals surface area contributed by atoms with Gasteiger partial charge in [-0.25, -0.2) is 4.39 Å². The van der Waals surface area contributed by atoms with Crippen LogP contribution in [0.1, 0.15) is 56.6 Å². The van der Waals surface area contributed by atoms with Gasteiger partial charge in [0.15, 0.2) is 0 Å². The Morgan fingerprint density at radius 2 is 1.88 bits per heavy atom. The normalized spacial score (nSPS) is 21.5. The van der Waals surface area contributed by atoms with Crippen molar-refractivity contribution < 1.29 is 17.6 Å². The molecule has 0 bridgehead atoms. The minimum Gasteiger partial charge on any atom is -0.206 e. The molecule has 1 aliphatic carbocycles. The van der Waals surface area contributed by atoms with Crippen LogP contribution < -0.4 is 0 Å². The fraction of sp³-hybridized carbons (Fsp3) is 0.500. The first-order chi connectivity index (χ1) is 11.4. The Labute approximate surface area is 141 Å². The quantitative estimate of drug-likeness (QED) is 0.444. The second-order valence-corrected chi connectivity index (χ2v) is 6.39. The molecule has 0 amide bonds. The van der Waals surface area contributed by atoms with Crippen molar-refractivity contribution in [1.29, 1.82) is 0 Å². The third-order valence-corrected chi connectivity index (χ3v) is 4.53. The van der Waals surface area contributed by atoms with Crippen LogP contribution in [-0.2, 0) is 6.18 Å². The summed E-state index contributed by atoms with van der Waals surface area (Å²) in [5.41, 5.74) is -1.01. The first-order valence-corrected chi connectivity index (χ1v) is 8.45. The maximum atomic E-state index is 13.4. The molecule has 0 atom stereocenters. The number of benzene rings is 1. The highest BCUT2D eigenvalue weighted by Gasteiger charge is 2.33. The van der Waals surface area contributed by atoms with Crippen molar-refractivity contribution >= 4 is 0 Å². The first kappa shape index (κ1) is 18.6. The highest BCUT2D eigenvalue weighted by molar-refractivity contribution is 5.39. The van der Waals surface area contributed by atoms with Crippen LogP contribution in [0.25, 0.3) is 0 Å². The van der Waals surface area contributed by atoms with Gasteiger partial charge < -0.3 is 0 Å². The number of hydrogen-bond acceptors (Lipinski definition) is 0. The molecule has 1 aliphatic rings. The lowest BCUT2D eigenvalue weighted by Crippen LogP contribution is -2.12. The third kappa shape index (κ3) is 5.40. The maximum absolute atomic E-state index is 13.4. The zero-order valence-electron chi connectivity index (χ0n) is 13.8. The molecule has 0 aromatic heterocycles. The Balaban J connectivity index is 1.91. The van der Waals surface area contributed by atoms with Crippen LogP contribution in [0.4, 0.5) is 17.6 Å². The zero-order valence-corrected chi connectivity index (χ0v) is 13.8. The molecule has 0 spiro atoms. The second kappa shape index (κ2) is 8.37. The van der Waals surface area contributed by atoms with E-state index in [0.29, 0.717) is 5.92 Å². The standard InChI is InChI=1S/C20H22F4/c1-2-5-15-8-10-16(11-9-15)6-3-4-7-17-12-13-18(19(21)14-17)20(22,23)24/h3,6,12-16H,2,5,8-11H2,1H3/b6-3+/t15-,16-. The Bertz CT molecular complexity index is 623. The molecule has 0 unspecified atom stereocenters. The number of alkyl halides is 3. The summed E-state index contributed by atoms with van der Waals surface area (Å²) in [4.78, 5) is 0. The Kier molecular flexibility index (Phi) is 6.48. The lowest BCUT2D eigenvalue weighted by atomic mass is 9.80. The molecular weight excluding hydrogens is 316 g/mol. The Hall–Kier alpha value is -1.76. The van der Waals surface area contributed by atoms with Gasteiger partial charge in [0.05, 0.1) is 5.56 Å². The average molecular weight is 338 g/mol. The molecule has 130 valence electrons. The van der Waals surface area contributed by atoms with Crippen LogP contribution in [-0.4, -0.2) is 0 Å². The van der Waals surface area contributed by atoms with E-state index in [0.717, 1.165) is 30.9 Å². The van der Waals surface area contributed by atoms with E-state index < -0.39 is 17.6 Å². The SMILES string of the molecule is CCC[C@H]1CC[C@H](/C=C/C#Cc2ccc(C(F)(F)F)c(F)c2)CC1. The fourth-order valence-electron chi connectivity index (χ4n) is 3.21. The van der Waals surface area contributed by atoms with Crippen LogP contribution in [0.3, 0.4) is 0 Å². The lowest BCUT2D eigenvalue weighted by molar-refractivity contribution is -0.140. The molecule has 2 rings (SSSR count). The van der Waals surface area contributed by atoms with Crippen LogP contribution in [0, 0.1) is 29.5 Å². The number of rotatable bonds is 3. The summed E-state index contributed by atoms with van der Waals surface area (Å²) in [7, 11) is 0. The van der Waals surface area contributed by atoms with Crippen molar-refractivity contribution in [3.8, 4) is 11.8 Å². The molecule has 0 radical (unpaired) electrons. The van der Waals surface area contributed by atoms with E-state index in [1.54, 1.807) is 6.08 Å². The number of halogens is 4. The molecule has 0 nitrogen and oxygen atoms in total. The zero-order chi connectivity index (χ0) is 17.6. The van der Waals surface area contributed by atoms with E-state index >= 15 is 0 Å². The first-order valence-electron chi connectivity index (χ1n) is 8.45. The van der Waals surface area contributed by atoms with Crippen LogP contribution in [0.2, 0.25) is 0 Å². The summed E-state index contributed by atoms with van der Waals surface area (Å²) in [6, 6.07) is 2.76. The second-order valence-electron chi connectivity index (χ2n) is 6.39. The van der Waals surface area contributed by atoms with E-state index in [-0.39, 0.29) is 5.56 Å². The predicted octanol–water partition coefficient (Wildman–Crippen LogP) is 6.36. The highest BCUT2D eigenvalue weighted by Crippen LogP contribution is 2.32.